The number of benzene rings is 1. The topological polar surface area (TPSA) is 69.6 Å². The van der Waals surface area contributed by atoms with E-state index in [0.29, 0.717) is 0 Å². The first kappa shape index (κ1) is 13.3. The van der Waals surface area contributed by atoms with Gasteiger partial charge in [-0.05, 0) is 37.5 Å². The van der Waals surface area contributed by atoms with Gasteiger partial charge in [0.2, 0.25) is 0 Å². The molecule has 5 nitrogen and oxygen atoms in total. The molecule has 1 aromatic carbocycles. The predicted octanol–water partition coefficient (Wildman–Crippen LogP) is 2.54. The van der Waals surface area contributed by atoms with E-state index in [1.807, 2.05) is 0 Å². The zero-order valence-corrected chi connectivity index (χ0v) is 10.5. The summed E-state index contributed by atoms with van der Waals surface area (Å²) in [5, 5.41) is 11.5. The summed E-state index contributed by atoms with van der Waals surface area (Å²) in [5.41, 5.74) is -0.152. The third-order valence-corrected chi connectivity index (χ3v) is 3.40. The lowest BCUT2D eigenvalue weighted by Gasteiger charge is -2.34. The van der Waals surface area contributed by atoms with Gasteiger partial charge in [-0.25, -0.2) is 14.0 Å². The highest BCUT2D eigenvalue weighted by Crippen LogP contribution is 2.24. The molecule has 2 rings (SSSR count). The van der Waals surface area contributed by atoms with Crippen LogP contribution in [0.15, 0.2) is 18.2 Å². The van der Waals surface area contributed by atoms with Crippen molar-refractivity contribution >= 4 is 17.7 Å². The number of halogens is 1. The molecule has 2 amide bonds. The third kappa shape index (κ3) is 2.83. The van der Waals surface area contributed by atoms with Crippen LogP contribution in [0.3, 0.4) is 0 Å². The van der Waals surface area contributed by atoms with E-state index in [0.717, 1.165) is 31.4 Å². The smallest absolute Gasteiger partial charge is 0.337 e. The standard InChI is InChI=1S/C13H15FN2O3/c1-16(9-3-2-4-9)13(19)15-11-6-5-8(14)7-10(11)12(17)18/h5-7,9H,2-4H2,1H3,(H,15,19)(H,17,18). The highest BCUT2D eigenvalue weighted by Gasteiger charge is 2.26. The van der Waals surface area contributed by atoms with Crippen molar-refractivity contribution in [1.82, 2.24) is 4.90 Å². The molecular weight excluding hydrogens is 251 g/mol. The van der Waals surface area contributed by atoms with Crippen molar-refractivity contribution in [2.24, 2.45) is 0 Å². The Morgan fingerprint density at radius 1 is 1.42 bits per heavy atom. The Labute approximate surface area is 110 Å². The molecule has 1 saturated carbocycles. The van der Waals surface area contributed by atoms with E-state index in [4.69, 9.17) is 5.11 Å². The Morgan fingerprint density at radius 2 is 2.11 bits per heavy atom. The molecule has 0 aromatic heterocycles. The Kier molecular flexibility index (Phi) is 3.69. The average Bonchev–Trinajstić information content (AvgIpc) is 2.28. The largest absolute Gasteiger partial charge is 0.478 e. The van der Waals surface area contributed by atoms with Crippen LogP contribution in [0.25, 0.3) is 0 Å². The summed E-state index contributed by atoms with van der Waals surface area (Å²) in [6.07, 6.45) is 3.01. The normalized spacial score (nSPS) is 14.6. The summed E-state index contributed by atoms with van der Waals surface area (Å²) < 4.78 is 13.0. The number of carbonyl (C=O) groups excluding carboxylic acids is 1. The highest BCUT2D eigenvalue weighted by molar-refractivity contribution is 6.00. The van der Waals surface area contributed by atoms with Gasteiger partial charge in [0.05, 0.1) is 11.3 Å². The monoisotopic (exact) mass is 266 g/mol. The molecule has 1 aliphatic carbocycles. The fraction of sp³-hybridized carbons (Fsp3) is 0.385. The van der Waals surface area contributed by atoms with Crippen LogP contribution in [-0.2, 0) is 0 Å². The zero-order valence-electron chi connectivity index (χ0n) is 10.5. The molecule has 0 aliphatic heterocycles. The molecule has 0 saturated heterocycles. The number of nitrogens with one attached hydrogen (secondary N) is 1. The number of carbonyl (C=O) groups is 2. The molecule has 0 unspecified atom stereocenters. The predicted molar refractivity (Wildman–Crippen MR) is 67.8 cm³/mol. The summed E-state index contributed by atoms with van der Waals surface area (Å²) >= 11 is 0. The summed E-state index contributed by atoms with van der Waals surface area (Å²) in [6.45, 7) is 0. The van der Waals surface area contributed by atoms with Crippen LogP contribution in [0.1, 0.15) is 29.6 Å². The van der Waals surface area contributed by atoms with Crippen LogP contribution in [-0.4, -0.2) is 35.1 Å². The second-order valence-electron chi connectivity index (χ2n) is 4.62. The quantitative estimate of drug-likeness (QED) is 0.883. The van der Waals surface area contributed by atoms with Gasteiger partial charge in [-0.2, -0.15) is 0 Å². The maximum Gasteiger partial charge on any atom is 0.337 e. The number of aromatic carboxylic acids is 1. The first-order valence-electron chi connectivity index (χ1n) is 6.05. The number of urea groups is 1. The van der Waals surface area contributed by atoms with Gasteiger partial charge < -0.3 is 15.3 Å². The van der Waals surface area contributed by atoms with Gasteiger partial charge in [0.15, 0.2) is 0 Å². The Morgan fingerprint density at radius 3 is 2.63 bits per heavy atom. The van der Waals surface area contributed by atoms with E-state index in [2.05, 4.69) is 5.32 Å². The molecule has 1 fully saturated rings. The van der Waals surface area contributed by atoms with Gasteiger partial charge in [0.1, 0.15) is 5.82 Å². The van der Waals surface area contributed by atoms with E-state index in [9.17, 15) is 14.0 Å². The molecule has 1 aliphatic rings. The molecule has 0 atom stereocenters. The van der Waals surface area contributed by atoms with Crippen LogP contribution in [0.5, 0.6) is 0 Å². The van der Waals surface area contributed by atoms with Gasteiger partial charge in [0, 0.05) is 13.1 Å². The Hall–Kier alpha value is -2.11. The number of hydrogen-bond acceptors (Lipinski definition) is 2. The summed E-state index contributed by atoms with van der Waals surface area (Å²) in [4.78, 5) is 24.5. The lowest BCUT2D eigenvalue weighted by Crippen LogP contribution is -2.43. The fourth-order valence-electron chi connectivity index (χ4n) is 1.95. The third-order valence-electron chi connectivity index (χ3n) is 3.40. The van der Waals surface area contributed by atoms with Crippen molar-refractivity contribution in [3.63, 3.8) is 0 Å². The van der Waals surface area contributed by atoms with Crippen molar-refractivity contribution in [3.05, 3.63) is 29.6 Å². The maximum absolute atomic E-state index is 13.0. The van der Waals surface area contributed by atoms with Gasteiger partial charge in [-0.3, -0.25) is 0 Å². The van der Waals surface area contributed by atoms with Crippen molar-refractivity contribution in [2.75, 3.05) is 12.4 Å². The molecule has 6 heteroatoms. The fourth-order valence-corrected chi connectivity index (χ4v) is 1.95. The van der Waals surface area contributed by atoms with E-state index < -0.39 is 11.8 Å². The zero-order chi connectivity index (χ0) is 14.0. The van der Waals surface area contributed by atoms with Crippen LogP contribution in [0.2, 0.25) is 0 Å². The van der Waals surface area contributed by atoms with Crippen molar-refractivity contribution in [3.8, 4) is 0 Å². The number of carboxylic acid groups (broad SMARTS) is 1. The van der Waals surface area contributed by atoms with E-state index in [1.165, 1.54) is 6.07 Å². The van der Waals surface area contributed by atoms with E-state index >= 15 is 0 Å². The lowest BCUT2D eigenvalue weighted by molar-refractivity contribution is 0.0697. The summed E-state index contributed by atoms with van der Waals surface area (Å²) in [5.74, 6) is -1.93. The minimum atomic E-state index is -1.28. The molecule has 0 bridgehead atoms. The first-order valence-corrected chi connectivity index (χ1v) is 6.05. The average molecular weight is 266 g/mol. The Balaban J connectivity index is 2.13. The number of hydrogen-bond donors (Lipinski definition) is 2. The van der Waals surface area contributed by atoms with Gasteiger partial charge in [-0.15, -0.1) is 0 Å². The van der Waals surface area contributed by atoms with Gasteiger partial charge in [-0.1, -0.05) is 0 Å². The number of amides is 2. The molecule has 0 radical (unpaired) electrons. The molecule has 102 valence electrons. The SMILES string of the molecule is CN(C(=O)Nc1ccc(F)cc1C(=O)O)C1CCC1. The highest BCUT2D eigenvalue weighted by atomic mass is 19.1. The summed E-state index contributed by atoms with van der Waals surface area (Å²) in [6, 6.07) is 3.09. The second-order valence-corrected chi connectivity index (χ2v) is 4.62. The molecule has 0 spiro atoms. The van der Waals surface area contributed by atoms with E-state index in [-0.39, 0.29) is 23.3 Å². The maximum atomic E-state index is 13.0. The molecular formula is C13H15FN2O3. The summed E-state index contributed by atoms with van der Waals surface area (Å²) in [7, 11) is 1.67. The first-order chi connectivity index (χ1) is 8.99. The lowest BCUT2D eigenvalue weighted by atomic mass is 9.92. The van der Waals surface area contributed by atoms with E-state index in [1.54, 1.807) is 11.9 Å². The van der Waals surface area contributed by atoms with Gasteiger partial charge >= 0.3 is 12.0 Å². The number of rotatable bonds is 3. The Bertz CT molecular complexity index is 515. The van der Waals surface area contributed by atoms with Crippen molar-refractivity contribution < 1.29 is 19.1 Å². The van der Waals surface area contributed by atoms with Gasteiger partial charge in [0.25, 0.3) is 0 Å². The second kappa shape index (κ2) is 5.26. The van der Waals surface area contributed by atoms with Crippen LogP contribution < -0.4 is 5.32 Å². The van der Waals surface area contributed by atoms with Crippen LogP contribution in [0, 0.1) is 5.82 Å². The number of carboxylic acids is 1. The van der Waals surface area contributed by atoms with Crippen LogP contribution >= 0.6 is 0 Å². The minimum Gasteiger partial charge on any atom is -0.478 e. The van der Waals surface area contributed by atoms with Crippen molar-refractivity contribution in [1.29, 1.82) is 0 Å². The minimum absolute atomic E-state index is 0.102. The molecule has 0 heterocycles. The van der Waals surface area contributed by atoms with Crippen molar-refractivity contribution in [2.45, 2.75) is 25.3 Å². The molecule has 2 N–H and O–H groups in total. The molecule has 1 aromatic rings. The number of anilines is 1. The number of nitrogens with zero attached hydrogens (tertiary/aromatic N) is 1. The van der Waals surface area contributed by atoms with Crippen LogP contribution in [0.4, 0.5) is 14.9 Å². The molecule has 19 heavy (non-hydrogen) atoms.